The van der Waals surface area contributed by atoms with Gasteiger partial charge in [-0.1, -0.05) is 24.3 Å². The van der Waals surface area contributed by atoms with E-state index in [4.69, 9.17) is 9.84 Å². The van der Waals surface area contributed by atoms with Crippen LogP contribution < -0.4 is 26.1 Å². The van der Waals surface area contributed by atoms with Gasteiger partial charge in [0.2, 0.25) is 0 Å². The summed E-state index contributed by atoms with van der Waals surface area (Å²) in [7, 11) is 0. The lowest BCUT2D eigenvalue weighted by Crippen LogP contribution is -2.51. The number of carbonyl (C=O) groups is 1. The molecule has 10 heteroatoms. The Kier molecular flexibility index (Phi) is 6.21. The number of hydrazine groups is 1. The van der Waals surface area contributed by atoms with Crippen molar-refractivity contribution >= 4 is 12.1 Å². The number of aliphatic imine (C=N–C) groups is 1. The van der Waals surface area contributed by atoms with Gasteiger partial charge >= 0.3 is 0 Å². The Morgan fingerprint density at radius 2 is 2.23 bits per heavy atom. The smallest absolute Gasteiger partial charge is 0.276 e. The van der Waals surface area contributed by atoms with E-state index in [9.17, 15) is 9.90 Å². The molecule has 0 aliphatic carbocycles. The predicted octanol–water partition coefficient (Wildman–Crippen LogP) is -0.414. The number of fused-ring (bicyclic) bond motifs is 1. The highest BCUT2D eigenvalue weighted by Gasteiger charge is 2.36. The molecule has 0 aromatic heterocycles. The zero-order chi connectivity index (χ0) is 21.8. The maximum atomic E-state index is 13.0. The molecule has 1 aromatic rings. The second kappa shape index (κ2) is 9.21. The lowest BCUT2D eigenvalue weighted by Gasteiger charge is -2.35. The first-order valence-corrected chi connectivity index (χ1v) is 10.0. The van der Waals surface area contributed by atoms with E-state index in [1.54, 1.807) is 23.4 Å². The van der Waals surface area contributed by atoms with Crippen LogP contribution in [-0.2, 0) is 4.79 Å². The molecule has 3 heterocycles. The van der Waals surface area contributed by atoms with Crippen molar-refractivity contribution in [2.75, 3.05) is 19.9 Å². The highest BCUT2D eigenvalue weighted by atomic mass is 16.5. The fraction of sp³-hybridized carbons (Fsp3) is 0.333. The first-order chi connectivity index (χ1) is 15.1. The molecule has 10 nitrogen and oxygen atoms in total. The molecule has 1 aromatic carbocycles. The third-order valence-electron chi connectivity index (χ3n) is 5.07. The number of hydrogen-bond acceptors (Lipinski definition) is 9. The zero-order valence-electron chi connectivity index (χ0n) is 17.1. The number of aliphatic hydroxyl groups excluding tert-OH is 2. The Bertz CT molecular complexity index is 957. The van der Waals surface area contributed by atoms with E-state index in [1.807, 2.05) is 37.3 Å². The molecule has 3 atom stereocenters. The molecule has 0 radical (unpaired) electrons. The number of benzene rings is 1. The standard InChI is InChI=1S/C21H26N6O4/c1-13-20(21(30)25-18-8-9-22-12-23-18)27-19(24-13)7-6-16(26-27)15-4-2-3-5-17(15)31-11-14(29)10-28/h2-9,14,16,19,23-24,26,28-29H,10-12H2,1H3,(H,25,30)/t14-,16?,19?/m1/s1. The summed E-state index contributed by atoms with van der Waals surface area (Å²) in [5.74, 6) is 0.929. The fourth-order valence-electron chi connectivity index (χ4n) is 3.56. The molecule has 2 unspecified atom stereocenters. The quantitative estimate of drug-likeness (QED) is 0.325. The SMILES string of the molecule is CC1=C(C(=O)NC2=CC=NCN2)N2NC(c3ccccc3OC[C@H](O)CO)C=CC2N1. The van der Waals surface area contributed by atoms with E-state index >= 15 is 0 Å². The van der Waals surface area contributed by atoms with Gasteiger partial charge in [-0.3, -0.25) is 14.8 Å². The predicted molar refractivity (Wildman–Crippen MR) is 114 cm³/mol. The van der Waals surface area contributed by atoms with E-state index in [-0.39, 0.29) is 31.3 Å². The summed E-state index contributed by atoms with van der Waals surface area (Å²) < 4.78 is 5.71. The molecular weight excluding hydrogens is 400 g/mol. The van der Waals surface area contributed by atoms with E-state index < -0.39 is 6.10 Å². The zero-order valence-corrected chi connectivity index (χ0v) is 17.1. The molecule has 3 aliphatic heterocycles. The minimum atomic E-state index is -0.955. The van der Waals surface area contributed by atoms with E-state index in [0.29, 0.717) is 23.9 Å². The van der Waals surface area contributed by atoms with Crippen molar-refractivity contribution in [3.8, 4) is 5.75 Å². The van der Waals surface area contributed by atoms with Crippen LogP contribution in [0.3, 0.4) is 0 Å². The van der Waals surface area contributed by atoms with Gasteiger partial charge in [-0.15, -0.1) is 0 Å². The van der Waals surface area contributed by atoms with Gasteiger partial charge < -0.3 is 30.9 Å². The van der Waals surface area contributed by atoms with Crippen LogP contribution in [0.4, 0.5) is 0 Å². The van der Waals surface area contributed by atoms with Crippen molar-refractivity contribution in [3.63, 3.8) is 0 Å². The van der Waals surface area contributed by atoms with Crippen LogP contribution in [0.2, 0.25) is 0 Å². The van der Waals surface area contributed by atoms with Gasteiger partial charge in [-0.25, -0.2) is 5.43 Å². The van der Waals surface area contributed by atoms with Gasteiger partial charge in [0, 0.05) is 17.5 Å². The molecule has 0 bridgehead atoms. The Balaban J connectivity index is 1.51. The molecule has 0 fully saturated rings. The number of ether oxygens (including phenoxy) is 1. The first kappa shape index (κ1) is 20.9. The second-order valence-electron chi connectivity index (χ2n) is 7.31. The summed E-state index contributed by atoms with van der Waals surface area (Å²) in [6.45, 7) is 1.88. The molecule has 4 rings (SSSR count). The van der Waals surface area contributed by atoms with Crippen molar-refractivity contribution < 1.29 is 19.7 Å². The van der Waals surface area contributed by atoms with Crippen LogP contribution >= 0.6 is 0 Å². The summed E-state index contributed by atoms with van der Waals surface area (Å²) in [5, 5.41) is 29.6. The van der Waals surface area contributed by atoms with Crippen molar-refractivity contribution in [3.05, 3.63) is 65.3 Å². The van der Waals surface area contributed by atoms with Crippen LogP contribution in [0.5, 0.6) is 5.75 Å². The fourth-order valence-corrected chi connectivity index (χ4v) is 3.56. The number of para-hydroxylation sites is 1. The second-order valence-corrected chi connectivity index (χ2v) is 7.31. The number of amides is 1. The number of allylic oxidation sites excluding steroid dienone is 2. The lowest BCUT2D eigenvalue weighted by molar-refractivity contribution is -0.119. The average Bonchev–Trinajstić information content (AvgIpc) is 3.13. The Labute approximate surface area is 180 Å². The number of aliphatic hydroxyl groups is 2. The number of hydrogen-bond donors (Lipinski definition) is 6. The topological polar surface area (TPSA) is 130 Å². The van der Waals surface area contributed by atoms with E-state index in [1.165, 1.54) is 0 Å². The maximum absolute atomic E-state index is 13.0. The minimum Gasteiger partial charge on any atom is -0.490 e. The van der Waals surface area contributed by atoms with Crippen LogP contribution in [0.1, 0.15) is 18.5 Å². The molecule has 0 saturated carbocycles. The Hall–Kier alpha value is -3.34. The molecule has 31 heavy (non-hydrogen) atoms. The maximum Gasteiger partial charge on any atom is 0.276 e. The number of nitrogens with one attached hydrogen (secondary N) is 4. The van der Waals surface area contributed by atoms with Gasteiger partial charge in [0.15, 0.2) is 0 Å². The number of nitrogens with zero attached hydrogens (tertiary/aromatic N) is 2. The normalized spacial score (nSPS) is 22.9. The van der Waals surface area contributed by atoms with Crippen LogP contribution in [-0.4, -0.2) is 59.5 Å². The summed E-state index contributed by atoms with van der Waals surface area (Å²) in [4.78, 5) is 17.0. The average molecular weight is 426 g/mol. The molecular formula is C21H26N6O4. The highest BCUT2D eigenvalue weighted by molar-refractivity contribution is 5.95. The van der Waals surface area contributed by atoms with Crippen molar-refractivity contribution in [1.82, 2.24) is 26.4 Å². The monoisotopic (exact) mass is 426 g/mol. The molecule has 0 spiro atoms. The summed E-state index contributed by atoms with van der Waals surface area (Å²) in [6, 6.07) is 7.20. The molecule has 0 saturated heterocycles. The molecule has 164 valence electrons. The van der Waals surface area contributed by atoms with Gasteiger partial charge in [-0.2, -0.15) is 0 Å². The number of carbonyl (C=O) groups excluding carboxylic acids is 1. The Morgan fingerprint density at radius 3 is 3.00 bits per heavy atom. The van der Waals surface area contributed by atoms with Crippen LogP contribution in [0.15, 0.2) is 64.7 Å². The van der Waals surface area contributed by atoms with Gasteiger partial charge in [0.25, 0.3) is 5.91 Å². The van der Waals surface area contributed by atoms with Crippen molar-refractivity contribution in [2.24, 2.45) is 4.99 Å². The summed E-state index contributed by atoms with van der Waals surface area (Å²) in [5.41, 5.74) is 5.46. The van der Waals surface area contributed by atoms with E-state index in [2.05, 4.69) is 26.4 Å². The van der Waals surface area contributed by atoms with Gasteiger partial charge in [0.1, 0.15) is 42.8 Å². The number of rotatable bonds is 7. The Morgan fingerprint density at radius 1 is 1.39 bits per heavy atom. The molecule has 1 amide bonds. The van der Waals surface area contributed by atoms with Gasteiger partial charge in [-0.05, 0) is 25.1 Å². The van der Waals surface area contributed by atoms with Crippen molar-refractivity contribution in [1.29, 1.82) is 0 Å². The van der Waals surface area contributed by atoms with E-state index in [0.717, 1.165) is 11.3 Å². The third-order valence-corrected chi connectivity index (χ3v) is 5.07. The van der Waals surface area contributed by atoms with Crippen LogP contribution in [0.25, 0.3) is 0 Å². The van der Waals surface area contributed by atoms with Crippen molar-refractivity contribution in [2.45, 2.75) is 25.2 Å². The van der Waals surface area contributed by atoms with Gasteiger partial charge in [0.05, 0.1) is 12.6 Å². The molecule has 6 N–H and O–H groups in total. The third kappa shape index (κ3) is 4.55. The first-order valence-electron chi connectivity index (χ1n) is 10.0. The highest BCUT2D eigenvalue weighted by Crippen LogP contribution is 2.32. The summed E-state index contributed by atoms with van der Waals surface area (Å²) in [6.07, 6.45) is 6.17. The molecule has 3 aliphatic rings. The largest absolute Gasteiger partial charge is 0.490 e. The minimum absolute atomic E-state index is 0.0179. The lowest BCUT2D eigenvalue weighted by atomic mass is 10.0. The van der Waals surface area contributed by atoms with Crippen LogP contribution in [0, 0.1) is 0 Å². The summed E-state index contributed by atoms with van der Waals surface area (Å²) >= 11 is 0.